The highest BCUT2D eigenvalue weighted by Gasteiger charge is 2.32. The minimum absolute atomic E-state index is 0.164. The highest BCUT2D eigenvalue weighted by atomic mass is 32.2. The van der Waals surface area contributed by atoms with E-state index >= 15 is 0 Å². The first-order valence-corrected chi connectivity index (χ1v) is 10.3. The van der Waals surface area contributed by atoms with E-state index in [4.69, 9.17) is 13.7 Å². The molecule has 1 aliphatic rings. The summed E-state index contributed by atoms with van der Waals surface area (Å²) in [5.74, 6) is 1.88. The largest absolute Gasteiger partial charge is 0.497 e. The van der Waals surface area contributed by atoms with Crippen molar-refractivity contribution < 1.29 is 22.1 Å². The van der Waals surface area contributed by atoms with Gasteiger partial charge in [-0.15, -0.1) is 0 Å². The summed E-state index contributed by atoms with van der Waals surface area (Å²) in [5.41, 5.74) is 1.05. The molecule has 3 heterocycles. The third-order valence-electron chi connectivity index (χ3n) is 4.85. The number of ether oxygens (including phenoxy) is 1. The second kappa shape index (κ2) is 7.33. The fraction of sp³-hybridized carbons (Fsp3) is 0.316. The lowest BCUT2D eigenvalue weighted by Gasteiger charge is -2.35. The van der Waals surface area contributed by atoms with Crippen molar-refractivity contribution in [3.63, 3.8) is 0 Å². The molecule has 28 heavy (non-hydrogen) atoms. The van der Waals surface area contributed by atoms with Crippen molar-refractivity contribution >= 4 is 15.7 Å². The van der Waals surface area contributed by atoms with E-state index < -0.39 is 10.0 Å². The Balaban J connectivity index is 1.49. The quantitative estimate of drug-likeness (QED) is 0.647. The number of rotatable bonds is 5. The number of benzene rings is 1. The average molecular weight is 403 g/mol. The summed E-state index contributed by atoms with van der Waals surface area (Å²) in [7, 11) is -2.02. The molecule has 0 saturated carbocycles. The zero-order valence-corrected chi connectivity index (χ0v) is 16.5. The maximum absolute atomic E-state index is 13.1. The molecular formula is C19H21N3O5S. The minimum atomic E-state index is -3.65. The van der Waals surface area contributed by atoms with Crippen molar-refractivity contribution in [1.29, 1.82) is 0 Å². The number of furan rings is 1. The lowest BCUT2D eigenvalue weighted by molar-refractivity contribution is 0.383. The van der Waals surface area contributed by atoms with Crippen LogP contribution in [0.25, 0.3) is 11.5 Å². The number of sulfonamides is 1. The van der Waals surface area contributed by atoms with E-state index in [0.29, 0.717) is 43.5 Å². The lowest BCUT2D eigenvalue weighted by atomic mass is 10.2. The van der Waals surface area contributed by atoms with Crippen LogP contribution >= 0.6 is 0 Å². The highest BCUT2D eigenvalue weighted by Crippen LogP contribution is 2.30. The van der Waals surface area contributed by atoms with Gasteiger partial charge in [0.05, 0.1) is 13.3 Å². The van der Waals surface area contributed by atoms with Crippen LogP contribution in [-0.2, 0) is 10.0 Å². The van der Waals surface area contributed by atoms with Crippen LogP contribution in [0.1, 0.15) is 5.76 Å². The number of aromatic nitrogens is 1. The molecule has 3 aromatic rings. The molecule has 0 N–H and O–H groups in total. The molecule has 0 unspecified atom stereocenters. The first-order chi connectivity index (χ1) is 13.5. The fourth-order valence-corrected chi connectivity index (χ4v) is 4.89. The Morgan fingerprint density at radius 2 is 1.75 bits per heavy atom. The van der Waals surface area contributed by atoms with Gasteiger partial charge in [-0.25, -0.2) is 8.42 Å². The van der Waals surface area contributed by atoms with Crippen LogP contribution in [-0.4, -0.2) is 51.2 Å². The zero-order chi connectivity index (χ0) is 19.7. The molecule has 8 nitrogen and oxygen atoms in total. The van der Waals surface area contributed by atoms with Crippen molar-refractivity contribution in [2.45, 2.75) is 11.8 Å². The third kappa shape index (κ3) is 3.38. The maximum Gasteiger partial charge on any atom is 0.246 e. The first-order valence-electron chi connectivity index (χ1n) is 8.89. The van der Waals surface area contributed by atoms with Crippen molar-refractivity contribution in [3.8, 4) is 17.3 Å². The molecule has 0 atom stereocenters. The van der Waals surface area contributed by atoms with Gasteiger partial charge in [0.1, 0.15) is 16.4 Å². The predicted octanol–water partition coefficient (Wildman–Crippen LogP) is 2.76. The standard InChI is InChI=1S/C19H21N3O5S/c1-14-19(13-18(26-14)17-7-8-20-27-17)28(23,24)22-11-9-21(10-12-22)15-3-5-16(25-2)6-4-15/h3-8,13H,9-12H2,1-2H3. The number of methoxy groups -OCH3 is 1. The predicted molar refractivity (Wildman–Crippen MR) is 103 cm³/mol. The molecule has 9 heteroatoms. The van der Waals surface area contributed by atoms with E-state index in [2.05, 4.69) is 10.1 Å². The van der Waals surface area contributed by atoms with Crippen molar-refractivity contribution in [2.24, 2.45) is 0 Å². The third-order valence-corrected chi connectivity index (χ3v) is 6.85. The summed E-state index contributed by atoms with van der Waals surface area (Å²) < 4.78 is 43.5. The first kappa shape index (κ1) is 18.6. The number of hydrogen-bond acceptors (Lipinski definition) is 7. The Kier molecular flexibility index (Phi) is 4.86. The van der Waals surface area contributed by atoms with Crippen LogP contribution in [0.3, 0.4) is 0 Å². The van der Waals surface area contributed by atoms with Gasteiger partial charge in [-0.3, -0.25) is 0 Å². The van der Waals surface area contributed by atoms with Crippen molar-refractivity contribution in [1.82, 2.24) is 9.46 Å². The van der Waals surface area contributed by atoms with E-state index in [-0.39, 0.29) is 4.90 Å². The molecule has 1 aromatic carbocycles. The molecule has 1 saturated heterocycles. The molecule has 2 aromatic heterocycles. The van der Waals surface area contributed by atoms with Crippen molar-refractivity contribution in [3.05, 3.63) is 48.4 Å². The fourth-order valence-electron chi connectivity index (χ4n) is 3.30. The number of nitrogens with zero attached hydrogens (tertiary/aromatic N) is 3. The Bertz CT molecular complexity index is 1030. The molecule has 0 aliphatic carbocycles. The Morgan fingerprint density at radius 1 is 1.04 bits per heavy atom. The smallest absolute Gasteiger partial charge is 0.246 e. The summed E-state index contributed by atoms with van der Waals surface area (Å²) in [6, 6.07) is 10.9. The molecule has 4 rings (SSSR count). The van der Waals surface area contributed by atoms with Gasteiger partial charge in [-0.2, -0.15) is 4.31 Å². The van der Waals surface area contributed by atoms with Gasteiger partial charge in [0.25, 0.3) is 0 Å². The van der Waals surface area contributed by atoms with Gasteiger partial charge in [0.2, 0.25) is 15.8 Å². The Hall–Kier alpha value is -2.78. The number of hydrogen-bond donors (Lipinski definition) is 0. The van der Waals surface area contributed by atoms with Gasteiger partial charge < -0.3 is 18.6 Å². The van der Waals surface area contributed by atoms with E-state index in [1.807, 2.05) is 24.3 Å². The number of aryl methyl sites for hydroxylation is 1. The van der Waals surface area contributed by atoms with Crippen LogP contribution in [0.2, 0.25) is 0 Å². The van der Waals surface area contributed by atoms with E-state index in [0.717, 1.165) is 11.4 Å². The molecule has 0 amide bonds. The van der Waals surface area contributed by atoms with Crippen LogP contribution in [0.5, 0.6) is 5.75 Å². The van der Waals surface area contributed by atoms with Crippen LogP contribution in [0, 0.1) is 6.92 Å². The molecule has 0 bridgehead atoms. The SMILES string of the molecule is COc1ccc(N2CCN(S(=O)(=O)c3cc(-c4ccno4)oc3C)CC2)cc1. The molecule has 0 radical (unpaired) electrons. The minimum Gasteiger partial charge on any atom is -0.497 e. The number of piperazine rings is 1. The second-order valence-corrected chi connectivity index (χ2v) is 8.40. The van der Waals surface area contributed by atoms with E-state index in [1.54, 1.807) is 20.1 Å². The number of anilines is 1. The highest BCUT2D eigenvalue weighted by molar-refractivity contribution is 7.89. The normalized spacial score (nSPS) is 15.7. The zero-order valence-electron chi connectivity index (χ0n) is 15.7. The molecule has 1 aliphatic heterocycles. The van der Waals surface area contributed by atoms with Crippen LogP contribution in [0.15, 0.2) is 56.4 Å². The second-order valence-electron chi connectivity index (χ2n) is 6.50. The summed E-state index contributed by atoms with van der Waals surface area (Å²) in [6.07, 6.45) is 1.49. The average Bonchev–Trinajstić information content (AvgIpc) is 3.38. The van der Waals surface area contributed by atoms with Crippen molar-refractivity contribution in [2.75, 3.05) is 38.2 Å². The van der Waals surface area contributed by atoms with E-state index in [1.165, 1.54) is 16.6 Å². The van der Waals surface area contributed by atoms with Gasteiger partial charge in [0, 0.05) is 44.0 Å². The monoisotopic (exact) mass is 403 g/mol. The van der Waals surface area contributed by atoms with Gasteiger partial charge in [0.15, 0.2) is 5.76 Å². The van der Waals surface area contributed by atoms with Gasteiger partial charge in [-0.1, -0.05) is 5.16 Å². The summed E-state index contributed by atoms with van der Waals surface area (Å²) in [5, 5.41) is 3.63. The van der Waals surface area contributed by atoms with Crippen LogP contribution in [0.4, 0.5) is 5.69 Å². The summed E-state index contributed by atoms with van der Waals surface area (Å²) in [6.45, 7) is 3.66. The molecule has 1 fully saturated rings. The maximum atomic E-state index is 13.1. The van der Waals surface area contributed by atoms with Gasteiger partial charge >= 0.3 is 0 Å². The molecular weight excluding hydrogens is 382 g/mol. The Morgan fingerprint density at radius 3 is 2.36 bits per heavy atom. The van der Waals surface area contributed by atoms with Gasteiger partial charge in [-0.05, 0) is 31.2 Å². The molecule has 148 valence electrons. The Labute approximate surface area is 163 Å². The summed E-state index contributed by atoms with van der Waals surface area (Å²) >= 11 is 0. The lowest BCUT2D eigenvalue weighted by Crippen LogP contribution is -2.48. The molecule has 0 spiro atoms. The van der Waals surface area contributed by atoms with Crippen LogP contribution < -0.4 is 9.64 Å². The topological polar surface area (TPSA) is 89.0 Å². The van der Waals surface area contributed by atoms with E-state index in [9.17, 15) is 8.42 Å². The summed E-state index contributed by atoms with van der Waals surface area (Å²) in [4.78, 5) is 2.32.